The number of para-hydroxylation sites is 1. The number of nitrogens with one attached hydrogen (secondary N) is 1. The van der Waals surface area contributed by atoms with Crippen molar-refractivity contribution in [2.75, 3.05) is 0 Å². The van der Waals surface area contributed by atoms with E-state index in [4.69, 9.17) is 16.7 Å². The van der Waals surface area contributed by atoms with E-state index < -0.39 is 17.2 Å². The SMILES string of the molecule is O=C(O)c1nc2cccc(Cl)c2[nH]c1=O. The molecule has 0 aliphatic rings. The predicted molar refractivity (Wildman–Crippen MR) is 54.3 cm³/mol. The number of carboxylic acids is 1. The third-order valence-electron chi connectivity index (χ3n) is 1.88. The summed E-state index contributed by atoms with van der Waals surface area (Å²) in [5.41, 5.74) is -0.610. The van der Waals surface area contributed by atoms with Gasteiger partial charge in [-0.05, 0) is 12.1 Å². The summed E-state index contributed by atoms with van der Waals surface area (Å²) < 4.78 is 0. The molecule has 76 valence electrons. The van der Waals surface area contributed by atoms with E-state index in [1.165, 1.54) is 0 Å². The van der Waals surface area contributed by atoms with Gasteiger partial charge in [0.25, 0.3) is 5.56 Å². The van der Waals surface area contributed by atoms with Crippen LogP contribution in [-0.4, -0.2) is 21.0 Å². The minimum atomic E-state index is -1.36. The monoisotopic (exact) mass is 224 g/mol. The lowest BCUT2D eigenvalue weighted by molar-refractivity contribution is 0.0689. The zero-order valence-electron chi connectivity index (χ0n) is 7.32. The molecule has 0 spiro atoms. The first-order valence-electron chi connectivity index (χ1n) is 4.01. The number of H-pyrrole nitrogens is 1. The van der Waals surface area contributed by atoms with Crippen LogP contribution in [0, 0.1) is 0 Å². The molecule has 0 saturated heterocycles. The molecule has 5 nitrogen and oxygen atoms in total. The molecule has 6 heteroatoms. The molecule has 0 amide bonds. The van der Waals surface area contributed by atoms with Crippen LogP contribution in [0.3, 0.4) is 0 Å². The van der Waals surface area contributed by atoms with Crippen LogP contribution in [0.1, 0.15) is 10.5 Å². The highest BCUT2D eigenvalue weighted by Crippen LogP contribution is 2.18. The maximum atomic E-state index is 11.3. The van der Waals surface area contributed by atoms with Crippen molar-refractivity contribution in [3.05, 3.63) is 39.3 Å². The third-order valence-corrected chi connectivity index (χ3v) is 2.20. The van der Waals surface area contributed by atoms with Crippen molar-refractivity contribution in [1.82, 2.24) is 9.97 Å². The molecule has 0 atom stereocenters. The van der Waals surface area contributed by atoms with E-state index >= 15 is 0 Å². The number of aromatic carboxylic acids is 1. The Morgan fingerprint density at radius 2 is 2.20 bits per heavy atom. The average molecular weight is 225 g/mol. The zero-order chi connectivity index (χ0) is 11.0. The minimum Gasteiger partial charge on any atom is -0.476 e. The molecule has 1 heterocycles. The molecule has 2 N–H and O–H groups in total. The number of rotatable bonds is 1. The Bertz CT molecular complexity index is 606. The summed E-state index contributed by atoms with van der Waals surface area (Å²) in [6.07, 6.45) is 0. The second-order valence-electron chi connectivity index (χ2n) is 2.85. The van der Waals surface area contributed by atoms with Crippen molar-refractivity contribution < 1.29 is 9.90 Å². The molecule has 0 fully saturated rings. The summed E-state index contributed by atoms with van der Waals surface area (Å²) in [6.45, 7) is 0. The number of fused-ring (bicyclic) bond motifs is 1. The van der Waals surface area contributed by atoms with Gasteiger partial charge >= 0.3 is 5.97 Å². The van der Waals surface area contributed by atoms with Gasteiger partial charge in [0.05, 0.1) is 16.1 Å². The summed E-state index contributed by atoms with van der Waals surface area (Å²) in [5, 5.41) is 9.01. The van der Waals surface area contributed by atoms with Gasteiger partial charge in [-0.2, -0.15) is 0 Å². The van der Waals surface area contributed by atoms with Gasteiger partial charge in [0.1, 0.15) is 0 Å². The van der Waals surface area contributed by atoms with E-state index in [1.807, 2.05) is 0 Å². The molecule has 0 saturated carbocycles. The fraction of sp³-hybridized carbons (Fsp3) is 0. The number of halogens is 1. The average Bonchev–Trinajstić information content (AvgIpc) is 2.18. The predicted octanol–water partition coefficient (Wildman–Crippen LogP) is 1.27. The zero-order valence-corrected chi connectivity index (χ0v) is 8.08. The van der Waals surface area contributed by atoms with Crippen LogP contribution in [0.2, 0.25) is 5.02 Å². The van der Waals surface area contributed by atoms with E-state index in [2.05, 4.69) is 9.97 Å². The van der Waals surface area contributed by atoms with Crippen molar-refractivity contribution in [1.29, 1.82) is 0 Å². The Hall–Kier alpha value is -1.88. The number of carboxylic acid groups (broad SMARTS) is 1. The Balaban J connectivity index is 2.88. The van der Waals surface area contributed by atoms with Gasteiger partial charge < -0.3 is 10.1 Å². The van der Waals surface area contributed by atoms with Crippen LogP contribution in [0.15, 0.2) is 23.0 Å². The summed E-state index contributed by atoms with van der Waals surface area (Å²) in [7, 11) is 0. The van der Waals surface area contributed by atoms with Crippen molar-refractivity contribution >= 4 is 28.6 Å². The maximum Gasteiger partial charge on any atom is 0.360 e. The Labute approximate surface area is 88.3 Å². The number of benzene rings is 1. The fourth-order valence-corrected chi connectivity index (χ4v) is 1.44. The van der Waals surface area contributed by atoms with E-state index in [1.54, 1.807) is 18.2 Å². The first-order valence-corrected chi connectivity index (χ1v) is 4.39. The topological polar surface area (TPSA) is 83.0 Å². The van der Waals surface area contributed by atoms with E-state index in [0.717, 1.165) is 0 Å². The van der Waals surface area contributed by atoms with Gasteiger partial charge in [-0.3, -0.25) is 4.79 Å². The minimum absolute atomic E-state index is 0.328. The van der Waals surface area contributed by atoms with E-state index in [0.29, 0.717) is 16.1 Å². The lowest BCUT2D eigenvalue weighted by atomic mass is 10.3. The first kappa shape index (κ1) is 9.67. The highest BCUT2D eigenvalue weighted by molar-refractivity contribution is 6.34. The maximum absolute atomic E-state index is 11.3. The van der Waals surface area contributed by atoms with Crippen molar-refractivity contribution in [3.63, 3.8) is 0 Å². The first-order chi connectivity index (χ1) is 7.09. The Morgan fingerprint density at radius 3 is 2.87 bits per heavy atom. The molecular weight excluding hydrogens is 220 g/mol. The smallest absolute Gasteiger partial charge is 0.360 e. The molecule has 0 unspecified atom stereocenters. The largest absolute Gasteiger partial charge is 0.476 e. The molecule has 0 bridgehead atoms. The van der Waals surface area contributed by atoms with Crippen LogP contribution in [0.4, 0.5) is 0 Å². The van der Waals surface area contributed by atoms with Crippen molar-refractivity contribution in [2.24, 2.45) is 0 Å². The van der Waals surface area contributed by atoms with Crippen LogP contribution >= 0.6 is 11.6 Å². The number of aromatic amines is 1. The van der Waals surface area contributed by atoms with Crippen LogP contribution in [0.5, 0.6) is 0 Å². The fourth-order valence-electron chi connectivity index (χ4n) is 1.22. The summed E-state index contributed by atoms with van der Waals surface area (Å²) in [5.74, 6) is -1.36. The molecule has 0 radical (unpaired) electrons. The molecule has 2 rings (SSSR count). The van der Waals surface area contributed by atoms with Crippen molar-refractivity contribution in [3.8, 4) is 0 Å². The molecule has 15 heavy (non-hydrogen) atoms. The lowest BCUT2D eigenvalue weighted by Crippen LogP contribution is -2.19. The van der Waals surface area contributed by atoms with Crippen LogP contribution in [-0.2, 0) is 0 Å². The highest BCUT2D eigenvalue weighted by atomic mass is 35.5. The summed E-state index contributed by atoms with van der Waals surface area (Å²) >= 11 is 5.80. The van der Waals surface area contributed by atoms with Crippen LogP contribution in [0.25, 0.3) is 11.0 Å². The molecular formula is C9H5ClN2O3. The number of aromatic nitrogens is 2. The van der Waals surface area contributed by atoms with Gasteiger partial charge in [0.2, 0.25) is 5.69 Å². The van der Waals surface area contributed by atoms with Gasteiger partial charge in [-0.25, -0.2) is 9.78 Å². The summed E-state index contributed by atoms with van der Waals surface area (Å²) in [4.78, 5) is 28.0. The molecule has 0 aliphatic carbocycles. The molecule has 2 aromatic rings. The van der Waals surface area contributed by atoms with E-state index in [-0.39, 0.29) is 0 Å². The molecule has 0 aliphatic heterocycles. The third kappa shape index (κ3) is 1.57. The van der Waals surface area contributed by atoms with Crippen LogP contribution < -0.4 is 5.56 Å². The number of nitrogens with zero attached hydrogens (tertiary/aromatic N) is 1. The Morgan fingerprint density at radius 1 is 1.47 bits per heavy atom. The molecule has 1 aromatic heterocycles. The number of hydrogen-bond acceptors (Lipinski definition) is 3. The number of hydrogen-bond donors (Lipinski definition) is 2. The normalized spacial score (nSPS) is 10.5. The lowest BCUT2D eigenvalue weighted by Gasteiger charge is -2.00. The Kier molecular flexibility index (Phi) is 2.17. The van der Waals surface area contributed by atoms with Gasteiger partial charge in [-0.15, -0.1) is 0 Å². The quantitative estimate of drug-likeness (QED) is 0.764. The van der Waals surface area contributed by atoms with Gasteiger partial charge in [0, 0.05) is 0 Å². The molecule has 1 aromatic carbocycles. The summed E-state index contributed by atoms with van der Waals surface area (Å²) in [6, 6.07) is 4.78. The standard InChI is InChI=1S/C9H5ClN2O3/c10-4-2-1-3-5-6(4)12-8(13)7(11-5)9(14)15/h1-3H,(H,12,13)(H,14,15). The second-order valence-corrected chi connectivity index (χ2v) is 3.26. The van der Waals surface area contributed by atoms with Crippen molar-refractivity contribution in [2.45, 2.75) is 0 Å². The van der Waals surface area contributed by atoms with Gasteiger partial charge in [-0.1, -0.05) is 17.7 Å². The van der Waals surface area contributed by atoms with Gasteiger partial charge in [0.15, 0.2) is 0 Å². The second kappa shape index (κ2) is 3.36. The highest BCUT2D eigenvalue weighted by Gasteiger charge is 2.12. The number of carbonyl (C=O) groups is 1. The van der Waals surface area contributed by atoms with E-state index in [9.17, 15) is 9.59 Å².